The molecular formula is C19H18N4O. The molecule has 0 aliphatic rings. The Balaban J connectivity index is 1.65. The van der Waals surface area contributed by atoms with Crippen LogP contribution in [0.15, 0.2) is 53.1 Å². The number of hydrogen-bond acceptors (Lipinski definition) is 5. The molecule has 5 nitrogen and oxygen atoms in total. The van der Waals surface area contributed by atoms with Crippen molar-refractivity contribution in [3.05, 3.63) is 65.5 Å². The summed E-state index contributed by atoms with van der Waals surface area (Å²) in [5, 5.41) is 16.0. The second-order valence-electron chi connectivity index (χ2n) is 5.83. The molecule has 0 aliphatic heterocycles. The van der Waals surface area contributed by atoms with Gasteiger partial charge in [0.15, 0.2) is 0 Å². The summed E-state index contributed by atoms with van der Waals surface area (Å²) in [6.07, 6.45) is 0. The van der Waals surface area contributed by atoms with Gasteiger partial charge < -0.3 is 9.84 Å². The zero-order valence-electron chi connectivity index (χ0n) is 13.7. The van der Waals surface area contributed by atoms with Crippen molar-refractivity contribution in [2.45, 2.75) is 26.3 Å². The summed E-state index contributed by atoms with van der Waals surface area (Å²) in [4.78, 5) is 4.41. The highest BCUT2D eigenvalue weighted by Crippen LogP contribution is 2.20. The third-order valence-corrected chi connectivity index (χ3v) is 3.76. The molecule has 0 spiro atoms. The van der Waals surface area contributed by atoms with Gasteiger partial charge in [-0.2, -0.15) is 10.2 Å². The maximum atomic E-state index is 8.79. The largest absolute Gasteiger partial charge is 0.376 e. The van der Waals surface area contributed by atoms with Crippen molar-refractivity contribution in [2.24, 2.45) is 0 Å². The summed E-state index contributed by atoms with van der Waals surface area (Å²) in [7, 11) is 0. The van der Waals surface area contributed by atoms with E-state index in [1.165, 1.54) is 5.56 Å². The van der Waals surface area contributed by atoms with Gasteiger partial charge in [-0.05, 0) is 35.7 Å². The minimum Gasteiger partial charge on any atom is -0.376 e. The number of hydrogen-bond donors (Lipinski definition) is 1. The van der Waals surface area contributed by atoms with Gasteiger partial charge in [-0.15, -0.1) is 0 Å². The molecule has 0 saturated carbocycles. The molecule has 0 bridgehead atoms. The molecule has 5 heteroatoms. The molecule has 2 aromatic carbocycles. The van der Waals surface area contributed by atoms with Gasteiger partial charge in [-0.3, -0.25) is 0 Å². The van der Waals surface area contributed by atoms with Gasteiger partial charge in [0.05, 0.1) is 18.2 Å². The Morgan fingerprint density at radius 1 is 1.08 bits per heavy atom. The Morgan fingerprint density at radius 3 is 2.42 bits per heavy atom. The third-order valence-electron chi connectivity index (χ3n) is 3.76. The first-order valence-corrected chi connectivity index (χ1v) is 7.82. The summed E-state index contributed by atoms with van der Waals surface area (Å²) < 4.78 is 5.29. The van der Waals surface area contributed by atoms with Crippen LogP contribution in [0.25, 0.3) is 11.4 Å². The van der Waals surface area contributed by atoms with Gasteiger partial charge in [-0.1, -0.05) is 43.3 Å². The highest BCUT2D eigenvalue weighted by molar-refractivity contribution is 5.55. The van der Waals surface area contributed by atoms with Crippen molar-refractivity contribution in [2.75, 3.05) is 5.32 Å². The van der Waals surface area contributed by atoms with Crippen molar-refractivity contribution in [3.63, 3.8) is 0 Å². The fraction of sp³-hybridized carbons (Fsp3) is 0.211. The molecule has 0 amide bonds. The van der Waals surface area contributed by atoms with Gasteiger partial charge in [0.2, 0.25) is 11.7 Å². The summed E-state index contributed by atoms with van der Waals surface area (Å²) >= 11 is 0. The number of nitrogens with zero attached hydrogens (tertiary/aromatic N) is 3. The smallest absolute Gasteiger partial charge is 0.246 e. The lowest BCUT2D eigenvalue weighted by atomic mass is 10.0. The van der Waals surface area contributed by atoms with E-state index >= 15 is 0 Å². The molecule has 0 unspecified atom stereocenters. The fourth-order valence-electron chi connectivity index (χ4n) is 2.30. The van der Waals surface area contributed by atoms with E-state index in [0.717, 1.165) is 11.3 Å². The predicted molar refractivity (Wildman–Crippen MR) is 92.3 cm³/mol. The van der Waals surface area contributed by atoms with Gasteiger partial charge >= 0.3 is 0 Å². The van der Waals surface area contributed by atoms with Crippen molar-refractivity contribution in [3.8, 4) is 17.5 Å². The lowest BCUT2D eigenvalue weighted by Crippen LogP contribution is -1.99. The van der Waals surface area contributed by atoms with Crippen LogP contribution in [-0.2, 0) is 6.54 Å². The first-order valence-electron chi connectivity index (χ1n) is 7.82. The van der Waals surface area contributed by atoms with E-state index < -0.39 is 0 Å². The van der Waals surface area contributed by atoms with Crippen LogP contribution >= 0.6 is 0 Å². The van der Waals surface area contributed by atoms with Crippen molar-refractivity contribution >= 4 is 5.69 Å². The summed E-state index contributed by atoms with van der Waals surface area (Å²) in [5.41, 5.74) is 3.75. The van der Waals surface area contributed by atoms with E-state index in [0.29, 0.717) is 29.7 Å². The highest BCUT2D eigenvalue weighted by Gasteiger charge is 2.09. The zero-order valence-corrected chi connectivity index (χ0v) is 13.7. The van der Waals surface area contributed by atoms with Crippen molar-refractivity contribution in [1.82, 2.24) is 10.1 Å². The van der Waals surface area contributed by atoms with Gasteiger partial charge in [-0.25, -0.2) is 0 Å². The summed E-state index contributed by atoms with van der Waals surface area (Å²) in [5.74, 6) is 1.60. The average Bonchev–Trinajstić information content (AvgIpc) is 3.09. The second kappa shape index (κ2) is 6.97. The Kier molecular flexibility index (Phi) is 4.57. The summed E-state index contributed by atoms with van der Waals surface area (Å²) in [6, 6.07) is 17.5. The molecule has 120 valence electrons. The van der Waals surface area contributed by atoms with Crippen LogP contribution in [0.2, 0.25) is 0 Å². The molecule has 1 heterocycles. The van der Waals surface area contributed by atoms with Crippen LogP contribution in [0.4, 0.5) is 5.69 Å². The molecule has 0 fully saturated rings. The first-order chi connectivity index (χ1) is 11.7. The van der Waals surface area contributed by atoms with Gasteiger partial charge in [0.1, 0.15) is 0 Å². The van der Waals surface area contributed by atoms with E-state index in [1.807, 2.05) is 24.3 Å². The third kappa shape index (κ3) is 3.61. The van der Waals surface area contributed by atoms with Crippen molar-refractivity contribution < 1.29 is 4.52 Å². The van der Waals surface area contributed by atoms with Gasteiger partial charge in [0, 0.05) is 11.3 Å². The second-order valence-corrected chi connectivity index (χ2v) is 5.83. The Labute approximate surface area is 140 Å². The number of nitriles is 1. The molecule has 3 aromatic rings. The Hall–Kier alpha value is -3.13. The minimum atomic E-state index is 0.434. The normalized spacial score (nSPS) is 10.6. The maximum absolute atomic E-state index is 8.79. The van der Waals surface area contributed by atoms with E-state index in [-0.39, 0.29) is 0 Å². The first kappa shape index (κ1) is 15.8. The topological polar surface area (TPSA) is 74.7 Å². The fourth-order valence-corrected chi connectivity index (χ4v) is 2.30. The molecule has 0 atom stereocenters. The van der Waals surface area contributed by atoms with E-state index in [4.69, 9.17) is 9.78 Å². The van der Waals surface area contributed by atoms with Crippen molar-refractivity contribution in [1.29, 1.82) is 5.26 Å². The maximum Gasteiger partial charge on any atom is 0.246 e. The molecule has 1 aromatic heterocycles. The number of nitrogens with one attached hydrogen (secondary N) is 1. The molecule has 24 heavy (non-hydrogen) atoms. The van der Waals surface area contributed by atoms with Crippen LogP contribution < -0.4 is 5.32 Å². The van der Waals surface area contributed by atoms with Crippen LogP contribution in [0.5, 0.6) is 0 Å². The van der Waals surface area contributed by atoms with Crippen LogP contribution in [-0.4, -0.2) is 10.1 Å². The standard InChI is InChI=1S/C19H18N4O/c1-13(2)15-5-7-16(8-6-15)19-22-18(24-23-19)12-21-17-9-3-14(11-20)4-10-17/h3-10,13,21H,12H2,1-2H3. The molecule has 1 N–H and O–H groups in total. The van der Waals surface area contributed by atoms with E-state index in [2.05, 4.69) is 47.5 Å². The Bertz CT molecular complexity index is 842. The van der Waals surface area contributed by atoms with Crippen LogP contribution in [0.3, 0.4) is 0 Å². The minimum absolute atomic E-state index is 0.434. The zero-order chi connectivity index (χ0) is 16.9. The number of benzene rings is 2. The van der Waals surface area contributed by atoms with Gasteiger partial charge in [0.25, 0.3) is 0 Å². The van der Waals surface area contributed by atoms with E-state index in [1.54, 1.807) is 12.1 Å². The summed E-state index contributed by atoms with van der Waals surface area (Å²) in [6.45, 7) is 4.76. The number of rotatable bonds is 5. The quantitative estimate of drug-likeness (QED) is 0.757. The lowest BCUT2D eigenvalue weighted by Gasteiger charge is -2.04. The highest BCUT2D eigenvalue weighted by atomic mass is 16.5. The Morgan fingerprint density at radius 2 is 1.79 bits per heavy atom. The molecular weight excluding hydrogens is 300 g/mol. The number of aromatic nitrogens is 2. The average molecular weight is 318 g/mol. The molecule has 0 radical (unpaired) electrons. The van der Waals surface area contributed by atoms with Crippen LogP contribution in [0, 0.1) is 11.3 Å². The molecule has 0 saturated heterocycles. The number of anilines is 1. The van der Waals surface area contributed by atoms with Crippen LogP contribution in [0.1, 0.15) is 36.8 Å². The lowest BCUT2D eigenvalue weighted by molar-refractivity contribution is 0.384. The van der Waals surface area contributed by atoms with E-state index in [9.17, 15) is 0 Å². The monoisotopic (exact) mass is 318 g/mol. The predicted octanol–water partition coefficient (Wildman–Crippen LogP) is 4.34. The molecule has 0 aliphatic carbocycles. The molecule has 3 rings (SSSR count). The SMILES string of the molecule is CC(C)c1ccc(-c2noc(CNc3ccc(C#N)cc3)n2)cc1.